The van der Waals surface area contributed by atoms with Crippen molar-refractivity contribution in [3.05, 3.63) is 69.2 Å². The van der Waals surface area contributed by atoms with Crippen LogP contribution in [0.1, 0.15) is 20.7 Å². The molecule has 0 aromatic heterocycles. The van der Waals surface area contributed by atoms with E-state index in [1.807, 2.05) is 18.2 Å². The van der Waals surface area contributed by atoms with Crippen LogP contribution >= 0.6 is 27.5 Å². The maximum atomic E-state index is 12.6. The van der Waals surface area contributed by atoms with Gasteiger partial charge in [-0.25, -0.2) is 0 Å². The molecule has 0 radical (unpaired) electrons. The Labute approximate surface area is 154 Å². The molecule has 0 bridgehead atoms. The number of benzene rings is 2. The molecule has 2 aromatic rings. The van der Waals surface area contributed by atoms with Gasteiger partial charge in [0.05, 0.1) is 5.56 Å². The maximum Gasteiger partial charge on any atom is 0.255 e. The van der Waals surface area contributed by atoms with E-state index < -0.39 is 0 Å². The van der Waals surface area contributed by atoms with Crippen LogP contribution in [0.15, 0.2) is 53.0 Å². The molecule has 0 aliphatic carbocycles. The summed E-state index contributed by atoms with van der Waals surface area (Å²) < 4.78 is 0.785. The lowest BCUT2D eigenvalue weighted by Gasteiger charge is -2.35. The highest BCUT2D eigenvalue weighted by molar-refractivity contribution is 9.10. The Balaban J connectivity index is 1.65. The molecular weight excluding hydrogens is 392 g/mol. The van der Waals surface area contributed by atoms with Crippen molar-refractivity contribution in [2.24, 2.45) is 0 Å². The number of nitrogens with zero attached hydrogens (tertiary/aromatic N) is 2. The summed E-state index contributed by atoms with van der Waals surface area (Å²) in [5.41, 5.74) is 1.22. The van der Waals surface area contributed by atoms with Gasteiger partial charge in [0, 0.05) is 41.2 Å². The Morgan fingerprint density at radius 3 is 2.12 bits per heavy atom. The van der Waals surface area contributed by atoms with Crippen molar-refractivity contribution in [2.75, 3.05) is 26.2 Å². The van der Waals surface area contributed by atoms with Gasteiger partial charge in [0.25, 0.3) is 11.8 Å². The number of halogens is 2. The first-order valence-electron chi connectivity index (χ1n) is 7.65. The van der Waals surface area contributed by atoms with Crippen LogP contribution in [0, 0.1) is 0 Å². The molecule has 0 N–H and O–H groups in total. The van der Waals surface area contributed by atoms with Crippen molar-refractivity contribution in [1.82, 2.24) is 9.80 Å². The summed E-state index contributed by atoms with van der Waals surface area (Å²) in [5.74, 6) is -0.0668. The highest BCUT2D eigenvalue weighted by atomic mass is 79.9. The molecule has 1 aliphatic heterocycles. The van der Waals surface area contributed by atoms with Crippen molar-refractivity contribution in [1.29, 1.82) is 0 Å². The molecule has 4 nitrogen and oxygen atoms in total. The minimum absolute atomic E-state index is 0.0164. The number of hydrogen-bond acceptors (Lipinski definition) is 2. The van der Waals surface area contributed by atoms with Crippen LogP contribution in [-0.4, -0.2) is 47.8 Å². The molecule has 124 valence electrons. The first kappa shape index (κ1) is 17.0. The summed E-state index contributed by atoms with van der Waals surface area (Å²) in [7, 11) is 0. The van der Waals surface area contributed by atoms with Gasteiger partial charge in [0.15, 0.2) is 0 Å². The average molecular weight is 408 g/mol. The fourth-order valence-corrected chi connectivity index (χ4v) is 3.37. The van der Waals surface area contributed by atoms with E-state index in [0.29, 0.717) is 42.3 Å². The van der Waals surface area contributed by atoms with Gasteiger partial charge in [-0.2, -0.15) is 0 Å². The summed E-state index contributed by atoms with van der Waals surface area (Å²) in [4.78, 5) is 28.6. The van der Waals surface area contributed by atoms with Crippen LogP contribution in [0.5, 0.6) is 0 Å². The first-order valence-corrected chi connectivity index (χ1v) is 8.82. The van der Waals surface area contributed by atoms with Gasteiger partial charge in [0.1, 0.15) is 0 Å². The molecule has 1 heterocycles. The molecule has 3 rings (SSSR count). The van der Waals surface area contributed by atoms with Crippen LogP contribution in [0.25, 0.3) is 0 Å². The summed E-state index contributed by atoms with van der Waals surface area (Å²) in [6.45, 7) is 2.07. The van der Waals surface area contributed by atoms with Gasteiger partial charge in [-0.15, -0.1) is 0 Å². The molecule has 0 unspecified atom stereocenters. The minimum Gasteiger partial charge on any atom is -0.335 e. The van der Waals surface area contributed by atoms with E-state index in [1.54, 1.807) is 40.1 Å². The number of rotatable bonds is 2. The third kappa shape index (κ3) is 3.62. The summed E-state index contributed by atoms with van der Waals surface area (Å²) in [5, 5.41) is 0.545. The van der Waals surface area contributed by atoms with E-state index in [9.17, 15) is 9.59 Å². The molecule has 0 spiro atoms. The molecule has 1 fully saturated rings. The predicted molar refractivity (Wildman–Crippen MR) is 97.4 cm³/mol. The molecule has 6 heteroatoms. The van der Waals surface area contributed by atoms with E-state index in [-0.39, 0.29) is 11.8 Å². The van der Waals surface area contributed by atoms with Gasteiger partial charge in [0.2, 0.25) is 0 Å². The Kier molecular flexibility index (Phi) is 5.21. The van der Waals surface area contributed by atoms with Crippen molar-refractivity contribution in [2.45, 2.75) is 0 Å². The smallest absolute Gasteiger partial charge is 0.255 e. The average Bonchev–Trinajstić information content (AvgIpc) is 2.61. The van der Waals surface area contributed by atoms with Crippen molar-refractivity contribution in [3.8, 4) is 0 Å². The number of amides is 2. The third-order valence-corrected chi connectivity index (χ3v) is 4.96. The number of hydrogen-bond donors (Lipinski definition) is 0. The predicted octanol–water partition coefficient (Wildman–Crippen LogP) is 3.70. The van der Waals surface area contributed by atoms with Crippen LogP contribution < -0.4 is 0 Å². The quantitative estimate of drug-likeness (QED) is 0.761. The molecule has 0 saturated carbocycles. The van der Waals surface area contributed by atoms with Gasteiger partial charge >= 0.3 is 0 Å². The first-order chi connectivity index (χ1) is 11.6. The minimum atomic E-state index is -0.0505. The number of carbonyl (C=O) groups is 2. The van der Waals surface area contributed by atoms with Crippen LogP contribution in [0.3, 0.4) is 0 Å². The number of carbonyl (C=O) groups excluding carboxylic acids is 2. The fourth-order valence-electron chi connectivity index (χ4n) is 2.72. The lowest BCUT2D eigenvalue weighted by Crippen LogP contribution is -2.50. The summed E-state index contributed by atoms with van der Waals surface area (Å²) in [6, 6.07) is 14.3. The molecule has 1 aliphatic rings. The largest absolute Gasteiger partial charge is 0.335 e. The third-order valence-electron chi connectivity index (χ3n) is 4.03. The van der Waals surface area contributed by atoms with Gasteiger partial charge in [-0.1, -0.05) is 29.8 Å². The van der Waals surface area contributed by atoms with Crippen molar-refractivity contribution in [3.63, 3.8) is 0 Å². The second-order valence-electron chi connectivity index (χ2n) is 5.57. The topological polar surface area (TPSA) is 40.6 Å². The highest BCUT2D eigenvalue weighted by Crippen LogP contribution is 2.19. The Bertz CT molecular complexity index is 773. The molecule has 2 amide bonds. The number of piperazine rings is 1. The van der Waals surface area contributed by atoms with E-state index >= 15 is 0 Å². The van der Waals surface area contributed by atoms with Crippen LogP contribution in [0.4, 0.5) is 0 Å². The molecular formula is C18H16BrClN2O2. The second kappa shape index (κ2) is 7.36. The highest BCUT2D eigenvalue weighted by Gasteiger charge is 2.26. The zero-order chi connectivity index (χ0) is 17.1. The SMILES string of the molecule is O=C(c1cccc(Cl)c1)N1CCN(C(=O)c2ccccc2Br)CC1. The van der Waals surface area contributed by atoms with Gasteiger partial charge in [-0.05, 0) is 46.3 Å². The van der Waals surface area contributed by atoms with E-state index in [4.69, 9.17) is 11.6 Å². The van der Waals surface area contributed by atoms with Gasteiger partial charge in [-0.3, -0.25) is 9.59 Å². The van der Waals surface area contributed by atoms with Gasteiger partial charge < -0.3 is 9.80 Å². The van der Waals surface area contributed by atoms with Crippen molar-refractivity contribution < 1.29 is 9.59 Å². The monoisotopic (exact) mass is 406 g/mol. The molecule has 1 saturated heterocycles. The standard InChI is InChI=1S/C18H16BrClN2O2/c19-16-7-2-1-6-15(16)18(24)22-10-8-21(9-11-22)17(23)13-4-3-5-14(20)12-13/h1-7,12H,8-11H2. The Morgan fingerprint density at radius 2 is 1.50 bits per heavy atom. The van der Waals surface area contributed by atoms with Crippen LogP contribution in [-0.2, 0) is 0 Å². The Hall–Kier alpha value is -1.85. The van der Waals surface area contributed by atoms with Crippen molar-refractivity contribution >= 4 is 39.3 Å². The maximum absolute atomic E-state index is 12.6. The summed E-state index contributed by atoms with van der Waals surface area (Å²) in [6.07, 6.45) is 0. The molecule has 2 aromatic carbocycles. The zero-order valence-corrected chi connectivity index (χ0v) is 15.3. The Morgan fingerprint density at radius 1 is 0.875 bits per heavy atom. The second-order valence-corrected chi connectivity index (χ2v) is 6.87. The lowest BCUT2D eigenvalue weighted by atomic mass is 10.1. The normalized spacial score (nSPS) is 14.6. The molecule has 0 atom stereocenters. The van der Waals surface area contributed by atoms with E-state index in [0.717, 1.165) is 4.47 Å². The van der Waals surface area contributed by atoms with E-state index in [1.165, 1.54) is 0 Å². The zero-order valence-electron chi connectivity index (χ0n) is 12.9. The summed E-state index contributed by atoms with van der Waals surface area (Å²) >= 11 is 9.36. The lowest BCUT2D eigenvalue weighted by molar-refractivity contribution is 0.0535. The fraction of sp³-hybridized carbons (Fsp3) is 0.222. The molecule has 24 heavy (non-hydrogen) atoms. The van der Waals surface area contributed by atoms with E-state index in [2.05, 4.69) is 15.9 Å². The van der Waals surface area contributed by atoms with Crippen LogP contribution in [0.2, 0.25) is 5.02 Å².